The van der Waals surface area contributed by atoms with E-state index in [4.69, 9.17) is 14.8 Å². The molecule has 9 heteroatoms. The van der Waals surface area contributed by atoms with Crippen LogP contribution in [0.2, 0.25) is 0 Å². The fraction of sp³-hybridized carbons (Fsp3) is 0.154. The van der Waals surface area contributed by atoms with Gasteiger partial charge in [-0.15, -0.1) is 0 Å². The number of carbonyl (C=O) groups is 3. The zero-order chi connectivity index (χ0) is 16.7. The third-order valence-electron chi connectivity index (χ3n) is 2.51. The van der Waals surface area contributed by atoms with Gasteiger partial charge < -0.3 is 20.1 Å². The van der Waals surface area contributed by atoms with Crippen molar-refractivity contribution in [3.05, 3.63) is 35.9 Å². The van der Waals surface area contributed by atoms with Crippen molar-refractivity contribution in [2.75, 3.05) is 0 Å². The van der Waals surface area contributed by atoms with Crippen molar-refractivity contribution in [3.8, 4) is 0 Å². The Morgan fingerprint density at radius 3 is 2.41 bits per heavy atom. The molecule has 0 heterocycles. The third kappa shape index (κ3) is 5.46. The number of carbonyl (C=O) groups excluding carboxylic acids is 1. The van der Waals surface area contributed by atoms with Gasteiger partial charge in [-0.2, -0.15) is 0 Å². The normalized spacial score (nSPS) is 13.5. The first-order valence-corrected chi connectivity index (χ1v) is 7.05. The van der Waals surface area contributed by atoms with Crippen LogP contribution in [0, 0.1) is 0 Å². The molecule has 1 aromatic carbocycles. The summed E-state index contributed by atoms with van der Waals surface area (Å²) in [6.45, 7) is 0. The molecule has 0 aliphatic carbocycles. The Morgan fingerprint density at radius 2 is 1.86 bits per heavy atom. The first-order valence-electron chi connectivity index (χ1n) is 5.94. The lowest BCUT2D eigenvalue weighted by molar-refractivity contribution is -0.146. The lowest BCUT2D eigenvalue weighted by Gasteiger charge is -2.10. The maximum absolute atomic E-state index is 11.6. The molecule has 0 radical (unpaired) electrons. The van der Waals surface area contributed by atoms with E-state index in [0.29, 0.717) is 5.56 Å². The summed E-state index contributed by atoms with van der Waals surface area (Å²) in [6.07, 6.45) is 1.44. The van der Waals surface area contributed by atoms with Crippen molar-refractivity contribution in [1.82, 2.24) is 5.32 Å². The largest absolute Gasteiger partial charge is 0.481 e. The highest BCUT2D eigenvalue weighted by atomic mass is 32.2. The molecule has 1 aromatic rings. The Labute approximate surface area is 127 Å². The minimum Gasteiger partial charge on any atom is -0.481 e. The van der Waals surface area contributed by atoms with Gasteiger partial charge in [-0.1, -0.05) is 18.2 Å². The Bertz CT molecular complexity index is 641. The lowest BCUT2D eigenvalue weighted by atomic mass is 10.2. The zero-order valence-corrected chi connectivity index (χ0v) is 11.9. The molecule has 0 aromatic heterocycles. The fourth-order valence-electron chi connectivity index (χ4n) is 1.54. The molecule has 0 saturated carbocycles. The summed E-state index contributed by atoms with van der Waals surface area (Å²) in [7, 11) is 0. The topological polar surface area (TPSA) is 141 Å². The number of aliphatic carboxylic acids is 2. The summed E-state index contributed by atoms with van der Waals surface area (Å²) >= 11 is -2.24. The van der Waals surface area contributed by atoms with Gasteiger partial charge in [0.15, 0.2) is 11.1 Å². The van der Waals surface area contributed by atoms with Gasteiger partial charge in [0.25, 0.3) is 0 Å². The van der Waals surface area contributed by atoms with Gasteiger partial charge in [-0.25, -0.2) is 9.00 Å². The van der Waals surface area contributed by atoms with Gasteiger partial charge in [0.1, 0.15) is 6.04 Å². The standard InChI is InChI=1S/C13H13NO7S/c15-11(14-9(13(18)19)7-12(16)17)6-5-8-3-1-2-4-10(8)22(20)21/h1-6,9H,7H2,(H,14,15)(H,16,17)(H,18,19)(H,20,21)/b6-5+/t9-/m1/s1. The summed E-state index contributed by atoms with van der Waals surface area (Å²) < 4.78 is 20.2. The molecule has 0 aliphatic rings. The minimum atomic E-state index is -2.24. The summed E-state index contributed by atoms with van der Waals surface area (Å²) in [6, 6.07) is 4.49. The molecule has 4 N–H and O–H groups in total. The summed E-state index contributed by atoms with van der Waals surface area (Å²) in [5.74, 6) is -3.66. The van der Waals surface area contributed by atoms with Crippen molar-refractivity contribution >= 4 is 35.0 Å². The second kappa shape index (κ2) is 8.05. The molecule has 8 nitrogen and oxygen atoms in total. The van der Waals surface area contributed by atoms with Crippen LogP contribution in [0.4, 0.5) is 0 Å². The monoisotopic (exact) mass is 327 g/mol. The molecule has 22 heavy (non-hydrogen) atoms. The lowest BCUT2D eigenvalue weighted by Crippen LogP contribution is -2.41. The first kappa shape index (κ1) is 17.5. The Balaban J connectivity index is 2.82. The van der Waals surface area contributed by atoms with E-state index in [9.17, 15) is 18.6 Å². The van der Waals surface area contributed by atoms with E-state index in [1.54, 1.807) is 12.1 Å². The minimum absolute atomic E-state index is 0.0897. The van der Waals surface area contributed by atoms with E-state index in [2.05, 4.69) is 0 Å². The van der Waals surface area contributed by atoms with Gasteiger partial charge >= 0.3 is 11.9 Å². The number of carboxylic acid groups (broad SMARTS) is 2. The van der Waals surface area contributed by atoms with Crippen molar-refractivity contribution in [2.24, 2.45) is 0 Å². The van der Waals surface area contributed by atoms with Crippen LogP contribution in [-0.2, 0) is 25.5 Å². The Morgan fingerprint density at radius 1 is 1.23 bits per heavy atom. The molecule has 2 atom stereocenters. The number of hydrogen-bond donors (Lipinski definition) is 4. The zero-order valence-electron chi connectivity index (χ0n) is 11.1. The second-order valence-corrected chi connectivity index (χ2v) is 5.06. The SMILES string of the molecule is O=C(O)C[C@@H](NC(=O)/C=C/c1ccccc1S(=O)O)C(=O)O. The van der Waals surface area contributed by atoms with Crippen molar-refractivity contribution in [1.29, 1.82) is 0 Å². The number of carboxylic acids is 2. The quantitative estimate of drug-likeness (QED) is 0.417. The second-order valence-electron chi connectivity index (χ2n) is 4.12. The van der Waals surface area contributed by atoms with Crippen LogP contribution in [0.3, 0.4) is 0 Å². The van der Waals surface area contributed by atoms with Gasteiger partial charge in [0, 0.05) is 6.08 Å². The van der Waals surface area contributed by atoms with Crippen LogP contribution >= 0.6 is 0 Å². The third-order valence-corrected chi connectivity index (χ3v) is 3.26. The molecule has 0 fully saturated rings. The van der Waals surface area contributed by atoms with E-state index in [0.717, 1.165) is 6.08 Å². The van der Waals surface area contributed by atoms with Crippen molar-refractivity contribution in [3.63, 3.8) is 0 Å². The van der Waals surface area contributed by atoms with Gasteiger partial charge in [0.05, 0.1) is 11.3 Å². The maximum atomic E-state index is 11.6. The molecule has 1 amide bonds. The number of rotatable bonds is 7. The van der Waals surface area contributed by atoms with E-state index >= 15 is 0 Å². The summed E-state index contributed by atoms with van der Waals surface area (Å²) in [5, 5.41) is 19.4. The molecule has 0 saturated heterocycles. The van der Waals surface area contributed by atoms with Crippen LogP contribution in [0.15, 0.2) is 35.2 Å². The molecule has 0 bridgehead atoms. The van der Waals surface area contributed by atoms with E-state index in [-0.39, 0.29) is 4.90 Å². The van der Waals surface area contributed by atoms with Crippen molar-refractivity contribution in [2.45, 2.75) is 17.4 Å². The fourth-order valence-corrected chi connectivity index (χ4v) is 2.07. The average molecular weight is 327 g/mol. The summed E-state index contributed by atoms with van der Waals surface area (Å²) in [5.41, 5.74) is 0.309. The maximum Gasteiger partial charge on any atom is 0.326 e. The molecular weight excluding hydrogens is 314 g/mol. The van der Waals surface area contributed by atoms with E-state index in [1.807, 2.05) is 5.32 Å². The summed E-state index contributed by atoms with van der Waals surface area (Å²) in [4.78, 5) is 33.0. The van der Waals surface area contributed by atoms with E-state index in [1.165, 1.54) is 18.2 Å². The van der Waals surface area contributed by atoms with Crippen LogP contribution < -0.4 is 5.32 Å². The highest BCUT2D eigenvalue weighted by molar-refractivity contribution is 7.79. The van der Waals surface area contributed by atoms with Gasteiger partial charge in [-0.05, 0) is 17.7 Å². The predicted octanol–water partition coefficient (Wildman–Crippen LogP) is 0.324. The van der Waals surface area contributed by atoms with Crippen LogP contribution in [0.5, 0.6) is 0 Å². The van der Waals surface area contributed by atoms with Crippen molar-refractivity contribution < 1.29 is 33.4 Å². The molecule has 1 rings (SSSR count). The van der Waals surface area contributed by atoms with Gasteiger partial charge in [0.2, 0.25) is 5.91 Å². The molecule has 0 aliphatic heterocycles. The first-order chi connectivity index (χ1) is 10.3. The number of nitrogens with one attached hydrogen (secondary N) is 1. The molecule has 1 unspecified atom stereocenters. The Kier molecular flexibility index (Phi) is 6.42. The smallest absolute Gasteiger partial charge is 0.326 e. The molecule has 0 spiro atoms. The number of amides is 1. The van der Waals surface area contributed by atoms with Crippen LogP contribution in [0.1, 0.15) is 12.0 Å². The highest BCUT2D eigenvalue weighted by Gasteiger charge is 2.22. The van der Waals surface area contributed by atoms with Crippen LogP contribution in [-0.4, -0.2) is 42.9 Å². The van der Waals surface area contributed by atoms with Crippen LogP contribution in [0.25, 0.3) is 6.08 Å². The number of hydrogen-bond acceptors (Lipinski definition) is 4. The van der Waals surface area contributed by atoms with E-state index < -0.39 is 41.4 Å². The Hall–Kier alpha value is -2.52. The number of benzene rings is 1. The highest BCUT2D eigenvalue weighted by Crippen LogP contribution is 2.13. The average Bonchev–Trinajstić information content (AvgIpc) is 2.44. The predicted molar refractivity (Wildman–Crippen MR) is 76.3 cm³/mol. The molecular formula is C13H13NO7S. The van der Waals surface area contributed by atoms with Gasteiger partial charge in [-0.3, -0.25) is 9.59 Å². The molecule has 118 valence electrons.